The molecule has 1 aromatic rings. The van der Waals surface area contributed by atoms with Gasteiger partial charge >= 0.3 is 11.7 Å². The van der Waals surface area contributed by atoms with E-state index >= 15 is 0 Å². The van der Waals surface area contributed by atoms with E-state index in [1.54, 1.807) is 0 Å². The smallest absolute Gasteiger partial charge is 0.361 e. The van der Waals surface area contributed by atoms with Crippen LogP contribution in [0.3, 0.4) is 0 Å². The Morgan fingerprint density at radius 2 is 2.20 bits per heavy atom. The van der Waals surface area contributed by atoms with E-state index in [0.717, 1.165) is 12.3 Å². The van der Waals surface area contributed by atoms with E-state index in [9.17, 15) is 14.4 Å². The standard InChI is InChI=1S/C8H10N2O5/c1-5(14-2)7(12)15-10-4-3-6(11)9-8(10)13/h3-5H,1-2H3,(H,9,11,13). The third kappa shape index (κ3) is 2.78. The molecule has 0 aliphatic heterocycles. The molecule has 0 spiro atoms. The van der Waals surface area contributed by atoms with Crippen molar-refractivity contribution in [2.75, 3.05) is 7.11 Å². The van der Waals surface area contributed by atoms with E-state index in [-0.39, 0.29) is 0 Å². The van der Waals surface area contributed by atoms with Crippen LogP contribution in [0.25, 0.3) is 0 Å². The summed E-state index contributed by atoms with van der Waals surface area (Å²) in [6.07, 6.45) is 0.269. The van der Waals surface area contributed by atoms with Crippen LogP contribution in [-0.2, 0) is 9.53 Å². The third-order valence-electron chi connectivity index (χ3n) is 1.67. The predicted molar refractivity (Wildman–Crippen MR) is 49.4 cm³/mol. The first-order valence-corrected chi connectivity index (χ1v) is 4.11. The molecule has 15 heavy (non-hydrogen) atoms. The normalized spacial score (nSPS) is 12.1. The number of ether oxygens (including phenoxy) is 1. The molecule has 0 saturated heterocycles. The summed E-state index contributed by atoms with van der Waals surface area (Å²) in [5, 5.41) is 0. The van der Waals surface area contributed by atoms with E-state index in [1.807, 2.05) is 4.98 Å². The Kier molecular flexibility index (Phi) is 3.40. The molecule has 0 aliphatic rings. The van der Waals surface area contributed by atoms with Crippen molar-refractivity contribution in [3.05, 3.63) is 33.1 Å². The molecule has 1 aromatic heterocycles. The minimum absolute atomic E-state index is 0.563. The molecule has 1 unspecified atom stereocenters. The fraction of sp³-hybridized carbons (Fsp3) is 0.375. The number of nitrogens with one attached hydrogen (secondary N) is 1. The van der Waals surface area contributed by atoms with Crippen molar-refractivity contribution in [1.29, 1.82) is 0 Å². The van der Waals surface area contributed by atoms with Crippen molar-refractivity contribution in [1.82, 2.24) is 9.71 Å². The van der Waals surface area contributed by atoms with Gasteiger partial charge in [0.15, 0.2) is 6.10 Å². The Labute approximate surface area is 84.2 Å². The van der Waals surface area contributed by atoms with Crippen LogP contribution >= 0.6 is 0 Å². The first-order valence-electron chi connectivity index (χ1n) is 4.11. The molecule has 7 nitrogen and oxygen atoms in total. The summed E-state index contributed by atoms with van der Waals surface area (Å²) < 4.78 is 5.31. The number of methoxy groups -OCH3 is 1. The molecule has 0 aromatic carbocycles. The highest BCUT2D eigenvalue weighted by Crippen LogP contribution is 1.88. The maximum Gasteiger partial charge on any atom is 0.361 e. The molecule has 82 valence electrons. The molecule has 7 heteroatoms. The molecule has 0 bridgehead atoms. The number of hydrogen-bond donors (Lipinski definition) is 1. The van der Waals surface area contributed by atoms with Gasteiger partial charge in [0.25, 0.3) is 5.56 Å². The maximum atomic E-state index is 11.2. The van der Waals surface area contributed by atoms with Crippen molar-refractivity contribution in [2.24, 2.45) is 0 Å². The van der Waals surface area contributed by atoms with Crippen molar-refractivity contribution < 1.29 is 14.4 Å². The molecule has 0 fully saturated rings. The van der Waals surface area contributed by atoms with E-state index in [4.69, 9.17) is 0 Å². The summed E-state index contributed by atoms with van der Waals surface area (Å²) in [6, 6.07) is 1.06. The highest BCUT2D eigenvalue weighted by atomic mass is 16.7. The molecule has 0 amide bonds. The van der Waals surface area contributed by atoms with Crippen LogP contribution < -0.4 is 16.1 Å². The number of rotatable bonds is 3. The second-order valence-electron chi connectivity index (χ2n) is 2.72. The Hall–Kier alpha value is -1.89. The van der Waals surface area contributed by atoms with Gasteiger partial charge in [0.1, 0.15) is 0 Å². The Morgan fingerprint density at radius 3 is 2.73 bits per heavy atom. The van der Waals surface area contributed by atoms with Crippen LogP contribution in [0, 0.1) is 0 Å². The average Bonchev–Trinajstić information content (AvgIpc) is 2.20. The SMILES string of the molecule is COC(C)C(=O)On1ccc(=O)[nH]c1=O. The zero-order chi connectivity index (χ0) is 11.4. The van der Waals surface area contributed by atoms with E-state index in [0.29, 0.717) is 4.73 Å². The third-order valence-corrected chi connectivity index (χ3v) is 1.67. The van der Waals surface area contributed by atoms with Gasteiger partial charge in [0.05, 0.1) is 6.20 Å². The van der Waals surface area contributed by atoms with Gasteiger partial charge in [-0.05, 0) is 6.92 Å². The van der Waals surface area contributed by atoms with Crippen LogP contribution in [-0.4, -0.2) is 28.9 Å². The number of nitrogens with zero attached hydrogens (tertiary/aromatic N) is 1. The highest BCUT2D eigenvalue weighted by molar-refractivity contribution is 5.74. The van der Waals surface area contributed by atoms with Gasteiger partial charge in [-0.1, -0.05) is 0 Å². The van der Waals surface area contributed by atoms with Gasteiger partial charge in [0, 0.05) is 13.2 Å². The summed E-state index contributed by atoms with van der Waals surface area (Å²) in [6.45, 7) is 1.47. The molecular weight excluding hydrogens is 204 g/mol. The zero-order valence-electron chi connectivity index (χ0n) is 8.22. The fourth-order valence-corrected chi connectivity index (χ4v) is 0.745. The number of aromatic nitrogens is 2. The van der Waals surface area contributed by atoms with Gasteiger partial charge in [-0.15, -0.1) is 4.73 Å². The van der Waals surface area contributed by atoms with Crippen LogP contribution in [0.15, 0.2) is 21.9 Å². The molecule has 1 atom stereocenters. The first kappa shape index (κ1) is 11.2. The highest BCUT2D eigenvalue weighted by Gasteiger charge is 2.14. The minimum Gasteiger partial charge on any atom is -0.370 e. The molecule has 1 rings (SSSR count). The Balaban J connectivity index is 2.86. The average molecular weight is 214 g/mol. The Morgan fingerprint density at radius 1 is 1.53 bits per heavy atom. The molecule has 1 N–H and O–H groups in total. The second kappa shape index (κ2) is 4.56. The molecule has 0 saturated carbocycles. The number of carbonyl (C=O) groups is 1. The quantitative estimate of drug-likeness (QED) is 0.663. The monoisotopic (exact) mass is 214 g/mol. The lowest BCUT2D eigenvalue weighted by Crippen LogP contribution is -2.39. The molecule has 1 heterocycles. The number of H-pyrrole nitrogens is 1. The number of hydrogen-bond acceptors (Lipinski definition) is 5. The number of carbonyl (C=O) groups excluding carboxylic acids is 1. The van der Waals surface area contributed by atoms with Gasteiger partial charge in [-0.3, -0.25) is 9.78 Å². The van der Waals surface area contributed by atoms with Crippen LogP contribution in [0.2, 0.25) is 0 Å². The molecule has 0 radical (unpaired) electrons. The van der Waals surface area contributed by atoms with E-state index in [2.05, 4.69) is 9.57 Å². The molecular formula is C8H10N2O5. The lowest BCUT2D eigenvalue weighted by molar-refractivity contribution is -0.155. The predicted octanol–water partition coefficient (Wildman–Crippen LogP) is -1.47. The topological polar surface area (TPSA) is 90.4 Å². The summed E-state index contributed by atoms with van der Waals surface area (Å²) in [5.74, 6) is -0.730. The fourth-order valence-electron chi connectivity index (χ4n) is 0.745. The summed E-state index contributed by atoms with van der Waals surface area (Å²) in [7, 11) is 1.33. The summed E-state index contributed by atoms with van der Waals surface area (Å²) in [5.41, 5.74) is -1.38. The van der Waals surface area contributed by atoms with Gasteiger partial charge in [-0.25, -0.2) is 9.59 Å². The van der Waals surface area contributed by atoms with Crippen molar-refractivity contribution in [3.63, 3.8) is 0 Å². The lowest BCUT2D eigenvalue weighted by Gasteiger charge is -2.09. The van der Waals surface area contributed by atoms with Crippen LogP contribution in [0.4, 0.5) is 0 Å². The zero-order valence-corrected chi connectivity index (χ0v) is 8.22. The minimum atomic E-state index is -0.820. The lowest BCUT2D eigenvalue weighted by atomic mass is 10.4. The maximum absolute atomic E-state index is 11.2. The summed E-state index contributed by atoms with van der Waals surface area (Å²) >= 11 is 0. The van der Waals surface area contributed by atoms with Crippen molar-refractivity contribution >= 4 is 5.97 Å². The van der Waals surface area contributed by atoms with Crippen LogP contribution in [0.1, 0.15) is 6.92 Å². The van der Waals surface area contributed by atoms with E-state index in [1.165, 1.54) is 14.0 Å². The largest absolute Gasteiger partial charge is 0.370 e. The van der Waals surface area contributed by atoms with E-state index < -0.39 is 23.3 Å². The second-order valence-corrected chi connectivity index (χ2v) is 2.72. The Bertz CT molecular complexity index is 461. The van der Waals surface area contributed by atoms with Crippen molar-refractivity contribution in [3.8, 4) is 0 Å². The van der Waals surface area contributed by atoms with Crippen LogP contribution in [0.5, 0.6) is 0 Å². The van der Waals surface area contributed by atoms with Gasteiger partial charge in [0.2, 0.25) is 0 Å². The van der Waals surface area contributed by atoms with Gasteiger partial charge in [-0.2, -0.15) is 0 Å². The van der Waals surface area contributed by atoms with Crippen molar-refractivity contribution in [2.45, 2.75) is 13.0 Å². The summed E-state index contributed by atoms with van der Waals surface area (Å²) in [4.78, 5) is 39.5. The first-order chi connectivity index (χ1) is 7.04. The molecule has 0 aliphatic carbocycles. The number of aromatic amines is 1. The van der Waals surface area contributed by atoms with Gasteiger partial charge < -0.3 is 9.57 Å².